The van der Waals surface area contributed by atoms with Crippen molar-refractivity contribution in [1.82, 2.24) is 4.98 Å². The first kappa shape index (κ1) is 6.56. The molecular formula is C7H6N2O. The average Bonchev–Trinajstić information content (AvgIpc) is 2.05. The predicted octanol–water partition coefficient (Wildman–Crippen LogP) is 1.64. The lowest BCUT2D eigenvalue weighted by Gasteiger charge is -1.91. The zero-order valence-corrected chi connectivity index (χ0v) is 5.53. The highest BCUT2D eigenvalue weighted by Crippen LogP contribution is 2.12. The first-order valence-corrected chi connectivity index (χ1v) is 2.75. The molecule has 0 N–H and O–H groups in total. The standard InChI is InChI=1S/C7H6N2O/c1-8-6-4-3-5-7(9-6)10-2/h3-5H,2H3. The SMILES string of the molecule is [C-]#[N+]c1cccc(OC)n1. The number of pyridine rings is 1. The number of rotatable bonds is 1. The van der Waals surface area contributed by atoms with E-state index in [2.05, 4.69) is 9.83 Å². The molecule has 0 aliphatic heterocycles. The van der Waals surface area contributed by atoms with Crippen LogP contribution in [0.25, 0.3) is 4.85 Å². The summed E-state index contributed by atoms with van der Waals surface area (Å²) >= 11 is 0. The molecule has 0 fully saturated rings. The fourth-order valence-corrected chi connectivity index (χ4v) is 0.580. The fourth-order valence-electron chi connectivity index (χ4n) is 0.580. The molecule has 50 valence electrons. The second-order valence-corrected chi connectivity index (χ2v) is 1.65. The van der Waals surface area contributed by atoms with Gasteiger partial charge in [-0.15, -0.1) is 0 Å². The van der Waals surface area contributed by atoms with Crippen LogP contribution in [-0.4, -0.2) is 12.1 Å². The molecule has 10 heavy (non-hydrogen) atoms. The monoisotopic (exact) mass is 134 g/mol. The zero-order valence-electron chi connectivity index (χ0n) is 5.53. The van der Waals surface area contributed by atoms with E-state index < -0.39 is 0 Å². The minimum Gasteiger partial charge on any atom is -0.464 e. The normalized spacial score (nSPS) is 8.40. The maximum Gasteiger partial charge on any atom is 0.308 e. The topological polar surface area (TPSA) is 26.5 Å². The Kier molecular flexibility index (Phi) is 1.86. The Hall–Kier alpha value is -1.56. The van der Waals surface area contributed by atoms with E-state index in [1.54, 1.807) is 18.2 Å². The molecule has 1 aromatic rings. The third-order valence-electron chi connectivity index (χ3n) is 1.03. The predicted molar refractivity (Wildman–Crippen MR) is 37.1 cm³/mol. The van der Waals surface area contributed by atoms with Gasteiger partial charge >= 0.3 is 5.88 Å². The van der Waals surface area contributed by atoms with E-state index in [1.165, 1.54) is 7.11 Å². The Balaban J connectivity index is 3.01. The van der Waals surface area contributed by atoms with Crippen LogP contribution < -0.4 is 4.74 Å². The smallest absolute Gasteiger partial charge is 0.308 e. The molecule has 3 heteroatoms. The van der Waals surface area contributed by atoms with Gasteiger partial charge in [-0.05, 0) is 6.07 Å². The summed E-state index contributed by atoms with van der Waals surface area (Å²) in [7, 11) is 1.52. The quantitative estimate of drug-likeness (QED) is 0.546. The summed E-state index contributed by atoms with van der Waals surface area (Å²) in [5.41, 5.74) is 0. The minimum atomic E-state index is 0.361. The van der Waals surface area contributed by atoms with Gasteiger partial charge in [0.25, 0.3) is 5.82 Å². The van der Waals surface area contributed by atoms with Gasteiger partial charge in [0, 0.05) is 6.07 Å². The maximum atomic E-state index is 6.62. The van der Waals surface area contributed by atoms with Gasteiger partial charge in [0.2, 0.25) is 0 Å². The third kappa shape index (κ3) is 1.23. The molecule has 0 saturated heterocycles. The van der Waals surface area contributed by atoms with Crippen molar-refractivity contribution in [2.75, 3.05) is 7.11 Å². The Morgan fingerprint density at radius 3 is 3.00 bits per heavy atom. The summed E-state index contributed by atoms with van der Waals surface area (Å²) in [6, 6.07) is 5.07. The number of hydrogen-bond acceptors (Lipinski definition) is 2. The van der Waals surface area contributed by atoms with Crippen molar-refractivity contribution in [1.29, 1.82) is 0 Å². The number of methoxy groups -OCH3 is 1. The van der Waals surface area contributed by atoms with E-state index in [9.17, 15) is 0 Å². The van der Waals surface area contributed by atoms with Gasteiger partial charge < -0.3 is 9.58 Å². The van der Waals surface area contributed by atoms with Crippen LogP contribution in [0.4, 0.5) is 5.82 Å². The van der Waals surface area contributed by atoms with Crippen LogP contribution in [-0.2, 0) is 0 Å². The summed E-state index contributed by atoms with van der Waals surface area (Å²) in [5, 5.41) is 0. The molecular weight excluding hydrogens is 128 g/mol. The molecule has 0 aromatic carbocycles. The van der Waals surface area contributed by atoms with Gasteiger partial charge in [0.05, 0.1) is 7.11 Å². The van der Waals surface area contributed by atoms with E-state index in [4.69, 9.17) is 11.3 Å². The second kappa shape index (κ2) is 2.83. The minimum absolute atomic E-state index is 0.361. The summed E-state index contributed by atoms with van der Waals surface area (Å²) in [6.07, 6.45) is 0. The first-order chi connectivity index (χ1) is 4.86. The van der Waals surface area contributed by atoms with Crippen molar-refractivity contribution in [3.8, 4) is 5.88 Å². The molecule has 0 amide bonds. The van der Waals surface area contributed by atoms with E-state index in [-0.39, 0.29) is 0 Å². The number of hydrogen-bond donors (Lipinski definition) is 0. The molecule has 0 spiro atoms. The molecule has 0 unspecified atom stereocenters. The van der Waals surface area contributed by atoms with Gasteiger partial charge in [-0.1, -0.05) is 17.6 Å². The van der Waals surface area contributed by atoms with Crippen molar-refractivity contribution in [2.24, 2.45) is 0 Å². The highest BCUT2D eigenvalue weighted by molar-refractivity contribution is 5.37. The highest BCUT2D eigenvalue weighted by Gasteiger charge is 1.96. The van der Waals surface area contributed by atoms with Crippen LogP contribution in [0.1, 0.15) is 0 Å². The highest BCUT2D eigenvalue weighted by atomic mass is 16.5. The molecule has 1 heterocycles. The number of aromatic nitrogens is 1. The van der Waals surface area contributed by atoms with Crippen LogP contribution >= 0.6 is 0 Å². The average molecular weight is 134 g/mol. The molecule has 0 atom stereocenters. The lowest BCUT2D eigenvalue weighted by atomic mass is 10.4. The molecule has 0 radical (unpaired) electrons. The summed E-state index contributed by atoms with van der Waals surface area (Å²) in [6.45, 7) is 6.62. The van der Waals surface area contributed by atoms with Gasteiger partial charge in [0.15, 0.2) is 0 Å². The van der Waals surface area contributed by atoms with Gasteiger partial charge in [-0.2, -0.15) is 0 Å². The Morgan fingerprint density at radius 2 is 2.40 bits per heavy atom. The van der Waals surface area contributed by atoms with Crippen LogP contribution in [0.15, 0.2) is 18.2 Å². The summed E-state index contributed by atoms with van der Waals surface area (Å²) in [5.74, 6) is 0.841. The van der Waals surface area contributed by atoms with E-state index in [0.29, 0.717) is 11.7 Å². The van der Waals surface area contributed by atoms with E-state index >= 15 is 0 Å². The van der Waals surface area contributed by atoms with Crippen molar-refractivity contribution in [2.45, 2.75) is 0 Å². The van der Waals surface area contributed by atoms with Crippen LogP contribution in [0.5, 0.6) is 5.88 Å². The van der Waals surface area contributed by atoms with Crippen LogP contribution in [0.3, 0.4) is 0 Å². The lowest BCUT2D eigenvalue weighted by Crippen LogP contribution is -1.84. The largest absolute Gasteiger partial charge is 0.464 e. The molecule has 0 aliphatic carbocycles. The Bertz CT molecular complexity index is 265. The second-order valence-electron chi connectivity index (χ2n) is 1.65. The molecule has 0 bridgehead atoms. The van der Waals surface area contributed by atoms with Gasteiger partial charge in [0.1, 0.15) is 0 Å². The van der Waals surface area contributed by atoms with Crippen LogP contribution in [0, 0.1) is 6.57 Å². The molecule has 1 aromatic heterocycles. The molecule has 0 saturated carbocycles. The van der Waals surface area contributed by atoms with Crippen molar-refractivity contribution >= 4 is 5.82 Å². The van der Waals surface area contributed by atoms with Gasteiger partial charge in [-0.3, -0.25) is 0 Å². The Labute approximate surface area is 59.1 Å². The number of nitrogens with zero attached hydrogens (tertiary/aromatic N) is 2. The van der Waals surface area contributed by atoms with Crippen molar-refractivity contribution in [3.63, 3.8) is 0 Å². The first-order valence-electron chi connectivity index (χ1n) is 2.75. The zero-order chi connectivity index (χ0) is 7.40. The van der Waals surface area contributed by atoms with Crippen molar-refractivity contribution in [3.05, 3.63) is 29.6 Å². The molecule has 1 rings (SSSR count). The summed E-state index contributed by atoms with van der Waals surface area (Å²) < 4.78 is 4.80. The maximum absolute atomic E-state index is 6.62. The fraction of sp³-hybridized carbons (Fsp3) is 0.143. The Morgan fingerprint density at radius 1 is 1.60 bits per heavy atom. The van der Waals surface area contributed by atoms with E-state index in [1.807, 2.05) is 0 Å². The molecule has 0 aliphatic rings. The third-order valence-corrected chi connectivity index (χ3v) is 1.03. The van der Waals surface area contributed by atoms with Gasteiger partial charge in [-0.25, -0.2) is 0 Å². The van der Waals surface area contributed by atoms with Crippen molar-refractivity contribution < 1.29 is 4.74 Å². The van der Waals surface area contributed by atoms with Crippen LogP contribution in [0.2, 0.25) is 0 Å². The van der Waals surface area contributed by atoms with E-state index in [0.717, 1.165) is 0 Å². The number of ether oxygens (including phenoxy) is 1. The summed E-state index contributed by atoms with van der Waals surface area (Å²) in [4.78, 5) is 6.97. The molecule has 3 nitrogen and oxygen atoms in total. The lowest BCUT2D eigenvalue weighted by molar-refractivity contribution is 0.399.